The number of carboxylic acids is 1. The van der Waals surface area contributed by atoms with Crippen molar-refractivity contribution in [3.8, 4) is 0 Å². The summed E-state index contributed by atoms with van der Waals surface area (Å²) in [6.07, 6.45) is 3.70. The molecule has 0 aliphatic heterocycles. The summed E-state index contributed by atoms with van der Waals surface area (Å²) in [6.45, 7) is 8.95. The molecular formula is C15H28N2O3. The second-order valence-electron chi connectivity index (χ2n) is 6.93. The maximum absolute atomic E-state index is 12.3. The third-order valence-corrected chi connectivity index (χ3v) is 3.32. The Morgan fingerprint density at radius 3 is 2.35 bits per heavy atom. The maximum atomic E-state index is 12.3. The summed E-state index contributed by atoms with van der Waals surface area (Å²) in [6, 6.07) is -0.0574. The molecule has 0 bridgehead atoms. The number of rotatable bonds is 7. The lowest BCUT2D eigenvalue weighted by Gasteiger charge is -2.29. The number of carboxylic acid groups (broad SMARTS) is 1. The molecule has 20 heavy (non-hydrogen) atoms. The molecule has 0 aromatic heterocycles. The Bertz CT molecular complexity index is 346. The maximum Gasteiger partial charge on any atom is 0.317 e. The lowest BCUT2D eigenvalue weighted by Crippen LogP contribution is -2.47. The first kappa shape index (κ1) is 16.8. The zero-order valence-electron chi connectivity index (χ0n) is 13.1. The van der Waals surface area contributed by atoms with Crippen molar-refractivity contribution < 1.29 is 14.7 Å². The Labute approximate surface area is 121 Å². The first-order valence-corrected chi connectivity index (χ1v) is 7.52. The molecule has 0 aromatic rings. The summed E-state index contributed by atoms with van der Waals surface area (Å²) < 4.78 is 0. The minimum Gasteiger partial charge on any atom is -0.481 e. The SMILES string of the molecule is CCCN(C(=O)NC(CC(=O)O)CC(C)(C)C)C1CC1. The summed E-state index contributed by atoms with van der Waals surface area (Å²) in [5, 5.41) is 11.9. The average Bonchev–Trinajstić information content (AvgIpc) is 3.05. The second kappa shape index (κ2) is 6.95. The molecule has 1 saturated carbocycles. The predicted octanol–water partition coefficient (Wildman–Crippen LogP) is 2.85. The smallest absolute Gasteiger partial charge is 0.317 e. The first-order valence-electron chi connectivity index (χ1n) is 7.52. The number of hydrogen-bond acceptors (Lipinski definition) is 2. The minimum absolute atomic E-state index is 0.0113. The van der Waals surface area contributed by atoms with Gasteiger partial charge in [-0.2, -0.15) is 0 Å². The van der Waals surface area contributed by atoms with Gasteiger partial charge in [-0.25, -0.2) is 4.79 Å². The van der Waals surface area contributed by atoms with Crippen LogP contribution in [0.4, 0.5) is 4.79 Å². The predicted molar refractivity (Wildman–Crippen MR) is 78.7 cm³/mol. The number of carbonyl (C=O) groups is 2. The van der Waals surface area contributed by atoms with Gasteiger partial charge in [0.15, 0.2) is 0 Å². The van der Waals surface area contributed by atoms with Crippen LogP contribution in [0.2, 0.25) is 0 Å². The standard InChI is InChI=1S/C15H28N2O3/c1-5-8-17(12-6-7-12)14(20)16-11(9-13(18)19)10-15(2,3)4/h11-12H,5-10H2,1-4H3,(H,16,20)(H,18,19). The van der Waals surface area contributed by atoms with Gasteiger partial charge < -0.3 is 15.3 Å². The molecule has 0 saturated heterocycles. The van der Waals surface area contributed by atoms with Crippen molar-refractivity contribution in [3.05, 3.63) is 0 Å². The van der Waals surface area contributed by atoms with E-state index in [1.54, 1.807) is 0 Å². The molecule has 5 nitrogen and oxygen atoms in total. The van der Waals surface area contributed by atoms with Gasteiger partial charge in [0.05, 0.1) is 6.42 Å². The molecule has 1 unspecified atom stereocenters. The molecule has 0 radical (unpaired) electrons. The van der Waals surface area contributed by atoms with Crippen molar-refractivity contribution in [3.63, 3.8) is 0 Å². The molecular weight excluding hydrogens is 256 g/mol. The van der Waals surface area contributed by atoms with E-state index in [1.807, 2.05) is 11.8 Å². The Balaban J connectivity index is 2.61. The van der Waals surface area contributed by atoms with Crippen molar-refractivity contribution >= 4 is 12.0 Å². The molecule has 1 atom stereocenters. The third kappa shape index (κ3) is 6.26. The van der Waals surface area contributed by atoms with Crippen LogP contribution in [-0.2, 0) is 4.79 Å². The fraction of sp³-hybridized carbons (Fsp3) is 0.867. The van der Waals surface area contributed by atoms with Gasteiger partial charge in [0.1, 0.15) is 0 Å². The summed E-state index contributed by atoms with van der Waals surface area (Å²) in [5.41, 5.74) is -0.0113. The van der Waals surface area contributed by atoms with Crippen LogP contribution in [0, 0.1) is 5.41 Å². The monoisotopic (exact) mass is 284 g/mol. The van der Waals surface area contributed by atoms with Crippen LogP contribution < -0.4 is 5.32 Å². The van der Waals surface area contributed by atoms with Gasteiger partial charge in [0.25, 0.3) is 0 Å². The fourth-order valence-electron chi connectivity index (χ4n) is 2.46. The van der Waals surface area contributed by atoms with E-state index >= 15 is 0 Å². The zero-order valence-corrected chi connectivity index (χ0v) is 13.1. The van der Waals surface area contributed by atoms with Gasteiger partial charge in [0.2, 0.25) is 0 Å². The number of nitrogens with zero attached hydrogens (tertiary/aromatic N) is 1. The number of amides is 2. The molecule has 0 heterocycles. The van der Waals surface area contributed by atoms with Crippen LogP contribution in [0.3, 0.4) is 0 Å². The highest BCUT2D eigenvalue weighted by Gasteiger charge is 2.33. The summed E-state index contributed by atoms with van der Waals surface area (Å²) in [5.74, 6) is -0.868. The molecule has 0 spiro atoms. The van der Waals surface area contributed by atoms with Gasteiger partial charge in [0, 0.05) is 18.6 Å². The lowest BCUT2D eigenvalue weighted by molar-refractivity contribution is -0.137. The molecule has 5 heteroatoms. The van der Waals surface area contributed by atoms with Gasteiger partial charge >= 0.3 is 12.0 Å². The van der Waals surface area contributed by atoms with E-state index in [0.717, 1.165) is 25.8 Å². The highest BCUT2D eigenvalue weighted by atomic mass is 16.4. The van der Waals surface area contributed by atoms with E-state index in [-0.39, 0.29) is 23.9 Å². The summed E-state index contributed by atoms with van der Waals surface area (Å²) in [7, 11) is 0. The normalized spacial score (nSPS) is 16.6. The zero-order chi connectivity index (χ0) is 15.3. The van der Waals surface area contributed by atoms with Gasteiger partial charge in [-0.15, -0.1) is 0 Å². The summed E-state index contributed by atoms with van der Waals surface area (Å²) >= 11 is 0. The third-order valence-electron chi connectivity index (χ3n) is 3.32. The van der Waals surface area contributed by atoms with Crippen LogP contribution in [0.15, 0.2) is 0 Å². The minimum atomic E-state index is -0.868. The number of aliphatic carboxylic acids is 1. The number of urea groups is 1. The first-order chi connectivity index (χ1) is 9.23. The molecule has 0 aromatic carbocycles. The largest absolute Gasteiger partial charge is 0.481 e. The Kier molecular flexibility index (Phi) is 5.84. The van der Waals surface area contributed by atoms with Crippen LogP contribution >= 0.6 is 0 Å². The van der Waals surface area contributed by atoms with E-state index in [1.165, 1.54) is 0 Å². The molecule has 1 rings (SSSR count). The van der Waals surface area contributed by atoms with E-state index in [2.05, 4.69) is 26.1 Å². The van der Waals surface area contributed by atoms with Crippen LogP contribution in [0.1, 0.15) is 59.8 Å². The van der Waals surface area contributed by atoms with Crippen molar-refractivity contribution in [1.82, 2.24) is 10.2 Å². The number of nitrogens with one attached hydrogen (secondary N) is 1. The Morgan fingerprint density at radius 1 is 1.35 bits per heavy atom. The van der Waals surface area contributed by atoms with E-state index in [0.29, 0.717) is 12.5 Å². The van der Waals surface area contributed by atoms with E-state index in [9.17, 15) is 9.59 Å². The highest BCUT2D eigenvalue weighted by molar-refractivity contribution is 5.76. The van der Waals surface area contributed by atoms with Crippen molar-refractivity contribution in [2.24, 2.45) is 5.41 Å². The molecule has 1 fully saturated rings. The van der Waals surface area contributed by atoms with Crippen molar-refractivity contribution in [2.45, 2.75) is 71.9 Å². The van der Waals surface area contributed by atoms with Gasteiger partial charge in [-0.1, -0.05) is 27.7 Å². The van der Waals surface area contributed by atoms with Gasteiger partial charge in [-0.3, -0.25) is 4.79 Å². The molecule has 1 aliphatic carbocycles. The van der Waals surface area contributed by atoms with Crippen molar-refractivity contribution in [2.75, 3.05) is 6.54 Å². The number of carbonyl (C=O) groups excluding carboxylic acids is 1. The van der Waals surface area contributed by atoms with E-state index < -0.39 is 5.97 Å². The Hall–Kier alpha value is -1.26. The van der Waals surface area contributed by atoms with Crippen molar-refractivity contribution in [1.29, 1.82) is 0 Å². The second-order valence-corrected chi connectivity index (χ2v) is 6.93. The van der Waals surface area contributed by atoms with Crippen LogP contribution in [0.25, 0.3) is 0 Å². The molecule has 1 aliphatic rings. The fourth-order valence-corrected chi connectivity index (χ4v) is 2.46. The Morgan fingerprint density at radius 2 is 1.95 bits per heavy atom. The molecule has 2 N–H and O–H groups in total. The summed E-state index contributed by atoms with van der Waals surface area (Å²) in [4.78, 5) is 25.1. The van der Waals surface area contributed by atoms with Gasteiger partial charge in [-0.05, 0) is 31.1 Å². The van der Waals surface area contributed by atoms with Crippen LogP contribution in [0.5, 0.6) is 0 Å². The van der Waals surface area contributed by atoms with E-state index in [4.69, 9.17) is 5.11 Å². The topological polar surface area (TPSA) is 69.6 Å². The molecule has 116 valence electrons. The average molecular weight is 284 g/mol. The van der Waals surface area contributed by atoms with Crippen LogP contribution in [-0.4, -0.2) is 40.6 Å². The molecule has 2 amide bonds. The quantitative estimate of drug-likeness (QED) is 0.755. The highest BCUT2D eigenvalue weighted by Crippen LogP contribution is 2.27. The lowest BCUT2D eigenvalue weighted by atomic mass is 9.87. The number of hydrogen-bond donors (Lipinski definition) is 2.